The van der Waals surface area contributed by atoms with Gasteiger partial charge in [-0.05, 0) is 39.0 Å². The number of ether oxygens (including phenoxy) is 1. The molecule has 0 spiro atoms. The number of hydrogen-bond donors (Lipinski definition) is 0. The van der Waals surface area contributed by atoms with Crippen molar-refractivity contribution in [2.75, 3.05) is 7.11 Å². The molecule has 0 fully saturated rings. The topological polar surface area (TPSA) is 26.3 Å². The van der Waals surface area contributed by atoms with Crippen molar-refractivity contribution >= 4 is 5.78 Å². The number of hydrogen-bond acceptors (Lipinski definition) is 2. The van der Waals surface area contributed by atoms with Crippen LogP contribution in [0.2, 0.25) is 0 Å². The van der Waals surface area contributed by atoms with Gasteiger partial charge in [-0.15, -0.1) is 0 Å². The number of Topliss-reactive ketones (excluding diaryl/α,β-unsaturated/α-hetero) is 1. The lowest BCUT2D eigenvalue weighted by molar-refractivity contribution is -0.117. The molecule has 0 aromatic rings. The van der Waals surface area contributed by atoms with Crippen LogP contribution in [-0.2, 0) is 9.53 Å². The van der Waals surface area contributed by atoms with E-state index in [9.17, 15) is 4.79 Å². The number of allylic oxidation sites excluding steroid dienone is 1. The molecular weight excluding hydrogens is 272 g/mol. The fourth-order valence-electron chi connectivity index (χ4n) is 2.66. The van der Waals surface area contributed by atoms with Gasteiger partial charge in [0.1, 0.15) is 5.78 Å². The Hall–Kier alpha value is -0.630. The average Bonchev–Trinajstić information content (AvgIpc) is 2.50. The Morgan fingerprint density at radius 1 is 0.955 bits per heavy atom. The van der Waals surface area contributed by atoms with E-state index >= 15 is 0 Å². The molecule has 0 aromatic carbocycles. The van der Waals surface area contributed by atoms with Crippen LogP contribution in [0.25, 0.3) is 0 Å². The van der Waals surface area contributed by atoms with E-state index in [-0.39, 0.29) is 0 Å². The summed E-state index contributed by atoms with van der Waals surface area (Å²) in [5.74, 6) is 0.324. The van der Waals surface area contributed by atoms with Crippen LogP contribution in [0.1, 0.15) is 97.3 Å². The van der Waals surface area contributed by atoms with Gasteiger partial charge in [-0.25, -0.2) is 0 Å². The zero-order chi connectivity index (χ0) is 16.5. The van der Waals surface area contributed by atoms with Crippen LogP contribution in [0.4, 0.5) is 0 Å². The smallest absolute Gasteiger partial charge is 0.129 e. The van der Waals surface area contributed by atoms with Crippen LogP contribution in [-0.4, -0.2) is 19.0 Å². The molecule has 0 radical (unpaired) electrons. The van der Waals surface area contributed by atoms with Gasteiger partial charge in [-0.1, -0.05) is 64.0 Å². The molecule has 0 aliphatic heterocycles. The number of unbranched alkanes of at least 4 members (excludes halogenated alkanes) is 8. The normalized spacial score (nSPS) is 12.9. The SMILES string of the molecule is CCCCCCC(CC=CCCCCCCCC(C)=O)OC. The largest absolute Gasteiger partial charge is 0.381 e. The van der Waals surface area contributed by atoms with E-state index in [0.717, 1.165) is 19.3 Å². The van der Waals surface area contributed by atoms with E-state index in [2.05, 4.69) is 19.1 Å². The van der Waals surface area contributed by atoms with Gasteiger partial charge in [-0.2, -0.15) is 0 Å². The van der Waals surface area contributed by atoms with Crippen molar-refractivity contribution in [3.8, 4) is 0 Å². The second-order valence-corrected chi connectivity index (χ2v) is 6.42. The standard InChI is InChI=1S/C20H38O2/c1-4-5-6-14-17-20(22-3)18-15-12-10-8-7-9-11-13-16-19(2)21/h12,15,20H,4-11,13-14,16-18H2,1-3H3. The minimum absolute atomic E-state index is 0.324. The van der Waals surface area contributed by atoms with Gasteiger partial charge >= 0.3 is 0 Å². The van der Waals surface area contributed by atoms with Crippen molar-refractivity contribution < 1.29 is 9.53 Å². The van der Waals surface area contributed by atoms with Crippen LogP contribution in [0.3, 0.4) is 0 Å². The maximum atomic E-state index is 10.8. The van der Waals surface area contributed by atoms with Gasteiger partial charge in [0.25, 0.3) is 0 Å². The fourth-order valence-corrected chi connectivity index (χ4v) is 2.66. The predicted molar refractivity (Wildman–Crippen MR) is 96.3 cm³/mol. The fraction of sp³-hybridized carbons (Fsp3) is 0.850. The van der Waals surface area contributed by atoms with E-state index in [0.29, 0.717) is 11.9 Å². The monoisotopic (exact) mass is 310 g/mol. The first-order valence-electron chi connectivity index (χ1n) is 9.38. The Labute approximate surface area is 138 Å². The minimum Gasteiger partial charge on any atom is -0.381 e. The van der Waals surface area contributed by atoms with Crippen LogP contribution >= 0.6 is 0 Å². The van der Waals surface area contributed by atoms with Crippen LogP contribution in [0.15, 0.2) is 12.2 Å². The first kappa shape index (κ1) is 21.4. The molecule has 0 aliphatic carbocycles. The summed E-state index contributed by atoms with van der Waals surface area (Å²) in [6.45, 7) is 3.93. The third kappa shape index (κ3) is 15.8. The van der Waals surface area contributed by atoms with Gasteiger partial charge in [0, 0.05) is 13.5 Å². The molecular formula is C20H38O2. The second kappa shape index (κ2) is 16.7. The Bertz CT molecular complexity index is 271. The molecule has 2 nitrogen and oxygen atoms in total. The van der Waals surface area contributed by atoms with Gasteiger partial charge in [0.15, 0.2) is 0 Å². The molecule has 130 valence electrons. The molecule has 0 aliphatic rings. The second-order valence-electron chi connectivity index (χ2n) is 6.42. The lowest BCUT2D eigenvalue weighted by Crippen LogP contribution is -2.08. The highest BCUT2D eigenvalue weighted by atomic mass is 16.5. The highest BCUT2D eigenvalue weighted by Gasteiger charge is 2.04. The van der Waals surface area contributed by atoms with Gasteiger partial charge in [0.05, 0.1) is 6.10 Å². The number of methoxy groups -OCH3 is 1. The summed E-state index contributed by atoms with van der Waals surface area (Å²) in [6, 6.07) is 0. The molecule has 0 aromatic heterocycles. The van der Waals surface area contributed by atoms with Crippen molar-refractivity contribution in [3.05, 3.63) is 12.2 Å². The van der Waals surface area contributed by atoms with Crippen molar-refractivity contribution in [2.45, 2.75) is 103 Å². The van der Waals surface area contributed by atoms with Gasteiger partial charge in [0.2, 0.25) is 0 Å². The number of carbonyl (C=O) groups excluding carboxylic acids is 1. The van der Waals surface area contributed by atoms with Crippen molar-refractivity contribution in [2.24, 2.45) is 0 Å². The van der Waals surface area contributed by atoms with Gasteiger partial charge in [-0.3, -0.25) is 0 Å². The molecule has 0 saturated carbocycles. The van der Waals surface area contributed by atoms with Crippen molar-refractivity contribution in [1.82, 2.24) is 0 Å². The van der Waals surface area contributed by atoms with Crippen LogP contribution in [0.5, 0.6) is 0 Å². The summed E-state index contributed by atoms with van der Waals surface area (Å²) in [5, 5.41) is 0. The lowest BCUT2D eigenvalue weighted by atomic mass is 10.1. The van der Waals surface area contributed by atoms with E-state index in [4.69, 9.17) is 4.74 Å². The molecule has 0 heterocycles. The molecule has 22 heavy (non-hydrogen) atoms. The quantitative estimate of drug-likeness (QED) is 0.249. The van der Waals surface area contributed by atoms with Crippen molar-refractivity contribution in [3.63, 3.8) is 0 Å². The summed E-state index contributed by atoms with van der Waals surface area (Å²) in [4.78, 5) is 10.8. The van der Waals surface area contributed by atoms with E-state index in [1.165, 1.54) is 64.2 Å². The maximum Gasteiger partial charge on any atom is 0.129 e. The maximum absolute atomic E-state index is 10.8. The molecule has 0 amide bonds. The third-order valence-electron chi connectivity index (χ3n) is 4.18. The average molecular weight is 311 g/mol. The Kier molecular flexibility index (Phi) is 16.3. The Balaban J connectivity index is 3.41. The summed E-state index contributed by atoms with van der Waals surface area (Å²) >= 11 is 0. The number of rotatable bonds is 16. The highest BCUT2D eigenvalue weighted by Crippen LogP contribution is 2.12. The molecule has 0 N–H and O–H groups in total. The predicted octanol–water partition coefficient (Wildman–Crippen LogP) is 6.24. The first-order valence-corrected chi connectivity index (χ1v) is 9.38. The minimum atomic E-state index is 0.324. The molecule has 1 atom stereocenters. The zero-order valence-corrected chi connectivity index (χ0v) is 15.2. The van der Waals surface area contributed by atoms with Crippen molar-refractivity contribution in [1.29, 1.82) is 0 Å². The molecule has 1 unspecified atom stereocenters. The summed E-state index contributed by atoms with van der Waals surface area (Å²) in [7, 11) is 1.83. The van der Waals surface area contributed by atoms with Gasteiger partial charge < -0.3 is 9.53 Å². The van der Waals surface area contributed by atoms with Crippen LogP contribution < -0.4 is 0 Å². The zero-order valence-electron chi connectivity index (χ0n) is 15.2. The van der Waals surface area contributed by atoms with E-state index < -0.39 is 0 Å². The van der Waals surface area contributed by atoms with E-state index in [1.807, 2.05) is 7.11 Å². The number of ketones is 1. The summed E-state index contributed by atoms with van der Waals surface area (Å²) in [6.07, 6.45) is 20.6. The highest BCUT2D eigenvalue weighted by molar-refractivity contribution is 5.75. The van der Waals surface area contributed by atoms with Crippen LogP contribution in [0, 0.1) is 0 Å². The summed E-state index contributed by atoms with van der Waals surface area (Å²) in [5.41, 5.74) is 0. The third-order valence-corrected chi connectivity index (χ3v) is 4.18. The van der Waals surface area contributed by atoms with E-state index in [1.54, 1.807) is 6.92 Å². The summed E-state index contributed by atoms with van der Waals surface area (Å²) < 4.78 is 5.54. The molecule has 0 rings (SSSR count). The molecule has 0 saturated heterocycles. The Morgan fingerprint density at radius 3 is 2.32 bits per heavy atom. The number of carbonyl (C=O) groups is 1. The Morgan fingerprint density at radius 2 is 1.64 bits per heavy atom. The lowest BCUT2D eigenvalue weighted by Gasteiger charge is -2.12. The molecule has 2 heteroatoms. The first-order chi connectivity index (χ1) is 10.7. The molecule has 0 bridgehead atoms.